The molecule has 0 amide bonds. The van der Waals surface area contributed by atoms with Crippen LogP contribution in [0.5, 0.6) is 5.75 Å². The van der Waals surface area contributed by atoms with Gasteiger partial charge in [-0.1, -0.05) is 13.0 Å². The van der Waals surface area contributed by atoms with Gasteiger partial charge in [0, 0.05) is 40.7 Å². The zero-order valence-corrected chi connectivity index (χ0v) is 21.8. The number of hydrogen-bond acceptors (Lipinski definition) is 6. The number of phenolic OH excluding ortho intramolecular Hbond substituents is 1. The number of piperidine rings is 1. The summed E-state index contributed by atoms with van der Waals surface area (Å²) in [6, 6.07) is 7.90. The molecule has 0 spiro atoms. The molecule has 1 aliphatic heterocycles. The summed E-state index contributed by atoms with van der Waals surface area (Å²) in [7, 11) is 2.10. The van der Waals surface area contributed by atoms with E-state index in [1.165, 1.54) is 0 Å². The Morgan fingerprint density at radius 2 is 1.83 bits per heavy atom. The number of fused-ring (bicyclic) bond motifs is 1. The van der Waals surface area contributed by atoms with Crippen LogP contribution in [0.15, 0.2) is 46.9 Å². The number of nitrogens with zero attached hydrogens (tertiary/aromatic N) is 5. The van der Waals surface area contributed by atoms with Crippen molar-refractivity contribution in [3.63, 3.8) is 0 Å². The van der Waals surface area contributed by atoms with Gasteiger partial charge in [-0.15, -0.1) is 5.10 Å². The van der Waals surface area contributed by atoms with Crippen LogP contribution in [0.3, 0.4) is 0 Å². The van der Waals surface area contributed by atoms with Gasteiger partial charge in [0.1, 0.15) is 11.6 Å². The molecule has 0 bridgehead atoms. The van der Waals surface area contributed by atoms with Crippen molar-refractivity contribution in [3.8, 4) is 17.0 Å². The number of hydrogen-bond donors (Lipinski definition) is 3. The van der Waals surface area contributed by atoms with Crippen LogP contribution in [0.25, 0.3) is 22.2 Å². The third kappa shape index (κ3) is 5.53. The van der Waals surface area contributed by atoms with Crippen LogP contribution >= 0.6 is 0 Å². The molecule has 3 heterocycles. The van der Waals surface area contributed by atoms with Crippen LogP contribution in [0.2, 0.25) is 0 Å². The number of pyridine rings is 1. The van der Waals surface area contributed by atoms with E-state index in [2.05, 4.69) is 70.3 Å². The van der Waals surface area contributed by atoms with Crippen LogP contribution in [0, 0.1) is 0 Å². The maximum absolute atomic E-state index is 10.8. The molecule has 0 radical (unpaired) electrons. The fourth-order valence-corrected chi connectivity index (χ4v) is 5.26. The summed E-state index contributed by atoms with van der Waals surface area (Å²) >= 11 is 0. The smallest absolute Gasteiger partial charge is 0.125 e. The third-order valence-corrected chi connectivity index (χ3v) is 6.81. The SMILES string of the molecule is CC/C(=N\N=C(/C)N(C)C1CC(C)(C)NC(C)(C)C1)c1ccc(-c2cc3cn[nH]c3cn2)cc1O. The Labute approximate surface area is 207 Å². The Bertz CT molecular complexity index is 1260. The molecule has 1 aromatic carbocycles. The van der Waals surface area contributed by atoms with E-state index in [4.69, 9.17) is 0 Å². The summed E-state index contributed by atoms with van der Waals surface area (Å²) in [6.07, 6.45) is 6.23. The van der Waals surface area contributed by atoms with Crippen LogP contribution in [0.1, 0.15) is 66.4 Å². The molecular weight excluding hydrogens is 438 g/mol. The van der Waals surface area contributed by atoms with E-state index >= 15 is 0 Å². The molecule has 1 fully saturated rings. The average Bonchev–Trinajstić information content (AvgIpc) is 3.25. The zero-order valence-electron chi connectivity index (χ0n) is 21.8. The van der Waals surface area contributed by atoms with Gasteiger partial charge in [-0.2, -0.15) is 10.2 Å². The minimum Gasteiger partial charge on any atom is -0.507 e. The maximum Gasteiger partial charge on any atom is 0.125 e. The van der Waals surface area contributed by atoms with Gasteiger partial charge in [0.05, 0.1) is 29.3 Å². The van der Waals surface area contributed by atoms with Crippen molar-refractivity contribution in [1.29, 1.82) is 0 Å². The number of H-pyrrole nitrogens is 1. The van der Waals surface area contributed by atoms with E-state index < -0.39 is 0 Å². The van der Waals surface area contributed by atoms with Crippen LogP contribution in [-0.4, -0.2) is 60.9 Å². The van der Waals surface area contributed by atoms with Crippen molar-refractivity contribution in [3.05, 3.63) is 42.2 Å². The fraction of sp³-hybridized carbons (Fsp3) is 0.481. The van der Waals surface area contributed by atoms with Gasteiger partial charge in [0.2, 0.25) is 0 Å². The van der Waals surface area contributed by atoms with Crippen molar-refractivity contribution < 1.29 is 5.11 Å². The molecular formula is C27H37N7O. The monoisotopic (exact) mass is 475 g/mol. The van der Waals surface area contributed by atoms with Gasteiger partial charge in [-0.05, 0) is 72.1 Å². The fourth-order valence-electron chi connectivity index (χ4n) is 5.26. The summed E-state index contributed by atoms with van der Waals surface area (Å²) in [5.41, 5.74) is 4.03. The molecule has 2 aromatic heterocycles. The molecule has 3 N–H and O–H groups in total. The highest BCUT2D eigenvalue weighted by molar-refractivity contribution is 6.03. The summed E-state index contributed by atoms with van der Waals surface area (Å²) < 4.78 is 0. The Kier molecular flexibility index (Phi) is 6.68. The number of benzene rings is 1. The highest BCUT2D eigenvalue weighted by Gasteiger charge is 2.39. The maximum atomic E-state index is 10.8. The molecule has 186 valence electrons. The number of phenols is 1. The predicted molar refractivity (Wildman–Crippen MR) is 143 cm³/mol. The second kappa shape index (κ2) is 9.41. The Balaban J connectivity index is 1.55. The third-order valence-electron chi connectivity index (χ3n) is 6.81. The minimum atomic E-state index is 0.0589. The highest BCUT2D eigenvalue weighted by atomic mass is 16.3. The molecule has 8 heteroatoms. The first-order chi connectivity index (χ1) is 16.5. The molecule has 1 aliphatic rings. The number of aromatic amines is 1. The number of amidine groups is 1. The van der Waals surface area contributed by atoms with E-state index in [0.717, 1.165) is 46.5 Å². The van der Waals surface area contributed by atoms with E-state index in [1.54, 1.807) is 18.5 Å². The molecule has 0 atom stereocenters. The lowest BCUT2D eigenvalue weighted by molar-refractivity contribution is 0.113. The first kappa shape index (κ1) is 24.9. The Hall–Kier alpha value is -3.26. The average molecular weight is 476 g/mol. The molecule has 0 aliphatic carbocycles. The summed E-state index contributed by atoms with van der Waals surface area (Å²) in [5, 5.41) is 31.6. The van der Waals surface area contributed by atoms with Crippen LogP contribution < -0.4 is 5.32 Å². The second-order valence-corrected chi connectivity index (χ2v) is 10.9. The molecule has 3 aromatic rings. The normalized spacial score (nSPS) is 18.7. The van der Waals surface area contributed by atoms with E-state index in [9.17, 15) is 5.11 Å². The molecule has 35 heavy (non-hydrogen) atoms. The van der Waals surface area contributed by atoms with Crippen molar-refractivity contribution in [2.75, 3.05) is 7.05 Å². The van der Waals surface area contributed by atoms with E-state index in [1.807, 2.05) is 32.0 Å². The lowest BCUT2D eigenvalue weighted by atomic mass is 9.79. The quantitative estimate of drug-likeness (QED) is 0.271. The number of aromatic nitrogens is 3. The van der Waals surface area contributed by atoms with Gasteiger partial charge in [0.15, 0.2) is 0 Å². The largest absolute Gasteiger partial charge is 0.507 e. The molecule has 8 nitrogen and oxygen atoms in total. The number of nitrogens with one attached hydrogen (secondary N) is 2. The van der Waals surface area contributed by atoms with Gasteiger partial charge < -0.3 is 15.3 Å². The molecule has 0 unspecified atom stereocenters. The highest BCUT2D eigenvalue weighted by Crippen LogP contribution is 2.31. The minimum absolute atomic E-state index is 0.0589. The van der Waals surface area contributed by atoms with Gasteiger partial charge >= 0.3 is 0 Å². The summed E-state index contributed by atoms with van der Waals surface area (Å²) in [5.74, 6) is 1.03. The molecule has 1 saturated heterocycles. The van der Waals surface area contributed by atoms with Crippen molar-refractivity contribution in [1.82, 2.24) is 25.4 Å². The van der Waals surface area contributed by atoms with Crippen LogP contribution in [-0.2, 0) is 0 Å². The van der Waals surface area contributed by atoms with Crippen LogP contribution in [0.4, 0.5) is 0 Å². The lowest BCUT2D eigenvalue weighted by Gasteiger charge is -2.49. The second-order valence-electron chi connectivity index (χ2n) is 10.9. The molecule has 4 rings (SSSR count). The first-order valence-electron chi connectivity index (χ1n) is 12.2. The molecule has 0 saturated carbocycles. The van der Waals surface area contributed by atoms with Gasteiger partial charge in [0.25, 0.3) is 0 Å². The number of aromatic hydroxyl groups is 1. The Morgan fingerprint density at radius 3 is 2.49 bits per heavy atom. The standard InChI is InChI=1S/C27H37N7O/c1-8-22(32-30-17(2)34(7)20-13-26(3,4)33-27(5,6)14-20)21-10-9-18(12-25(21)35)23-11-19-15-29-31-24(19)16-28-23/h9-12,15-16,20,33,35H,8,13-14H2,1-7H3,(H,29,31)/b30-17+,32-22+. The van der Waals surface area contributed by atoms with Crippen molar-refractivity contribution in [2.24, 2.45) is 10.2 Å². The van der Waals surface area contributed by atoms with Crippen molar-refractivity contribution >= 4 is 22.5 Å². The topological polar surface area (TPSA) is 102 Å². The van der Waals surface area contributed by atoms with Crippen molar-refractivity contribution in [2.45, 2.75) is 77.9 Å². The predicted octanol–water partition coefficient (Wildman–Crippen LogP) is 5.10. The summed E-state index contributed by atoms with van der Waals surface area (Å²) in [4.78, 5) is 6.72. The first-order valence-corrected chi connectivity index (χ1v) is 12.2. The zero-order chi connectivity index (χ0) is 25.4. The van der Waals surface area contributed by atoms with Gasteiger partial charge in [-0.3, -0.25) is 10.1 Å². The lowest BCUT2D eigenvalue weighted by Crippen LogP contribution is -2.62. The summed E-state index contributed by atoms with van der Waals surface area (Å²) in [6.45, 7) is 13.0. The van der Waals surface area contributed by atoms with Gasteiger partial charge in [-0.25, -0.2) is 0 Å². The van der Waals surface area contributed by atoms with E-state index in [-0.39, 0.29) is 16.8 Å². The Morgan fingerprint density at radius 1 is 1.11 bits per heavy atom. The number of rotatable bonds is 5. The van der Waals surface area contributed by atoms with E-state index in [0.29, 0.717) is 18.0 Å².